The molecule has 0 aliphatic rings. The van der Waals surface area contributed by atoms with Crippen molar-refractivity contribution in [2.45, 2.75) is 19.9 Å². The highest BCUT2D eigenvalue weighted by molar-refractivity contribution is 7.16. The molecule has 1 amide bonds. The minimum absolute atomic E-state index is 0.0776. The zero-order valence-electron chi connectivity index (χ0n) is 15.5. The van der Waals surface area contributed by atoms with E-state index in [2.05, 4.69) is 11.9 Å². The molecule has 0 atom stereocenters. The first-order valence-corrected chi connectivity index (χ1v) is 9.72. The predicted octanol–water partition coefficient (Wildman–Crippen LogP) is 3.97. The third-order valence-corrected chi connectivity index (χ3v) is 5.44. The van der Waals surface area contributed by atoms with Crippen LogP contribution in [0.2, 0.25) is 0 Å². The molecule has 0 aliphatic heterocycles. The molecule has 0 radical (unpaired) electrons. The van der Waals surface area contributed by atoms with Gasteiger partial charge in [0.2, 0.25) is 0 Å². The highest BCUT2D eigenvalue weighted by Gasteiger charge is 2.16. The number of thiazole rings is 1. The summed E-state index contributed by atoms with van der Waals surface area (Å²) in [7, 11) is 1.62. The van der Waals surface area contributed by atoms with Crippen molar-refractivity contribution in [3.05, 3.63) is 69.3 Å². The van der Waals surface area contributed by atoms with Gasteiger partial charge < -0.3 is 13.7 Å². The van der Waals surface area contributed by atoms with Crippen LogP contribution in [0.3, 0.4) is 0 Å². The topological polar surface area (TPSA) is 73.8 Å². The summed E-state index contributed by atoms with van der Waals surface area (Å²) >= 11 is 1.39. The Labute approximate surface area is 164 Å². The van der Waals surface area contributed by atoms with E-state index in [0.29, 0.717) is 22.3 Å². The fraction of sp³-hybridized carbons (Fsp3) is 0.190. The Kier molecular flexibility index (Phi) is 4.83. The molecule has 2 aromatic heterocycles. The fourth-order valence-electron chi connectivity index (χ4n) is 3.14. The third kappa shape index (κ3) is 3.14. The van der Waals surface area contributed by atoms with Crippen LogP contribution in [0.5, 0.6) is 5.75 Å². The summed E-state index contributed by atoms with van der Waals surface area (Å²) in [5, 5.41) is 0.681. The van der Waals surface area contributed by atoms with Crippen LogP contribution in [-0.4, -0.2) is 17.6 Å². The first-order chi connectivity index (χ1) is 13.6. The van der Waals surface area contributed by atoms with Crippen LogP contribution in [0, 0.1) is 0 Å². The number of ether oxygens (including phenoxy) is 1. The molecule has 0 fully saturated rings. The molecule has 0 aliphatic carbocycles. The number of aryl methyl sites for hydroxylation is 1. The third-order valence-electron chi connectivity index (χ3n) is 4.40. The van der Waals surface area contributed by atoms with E-state index in [9.17, 15) is 9.59 Å². The number of fused-ring (bicyclic) bond motifs is 2. The molecule has 28 heavy (non-hydrogen) atoms. The van der Waals surface area contributed by atoms with Crippen molar-refractivity contribution in [3.8, 4) is 5.75 Å². The Hall–Kier alpha value is -3.19. The lowest BCUT2D eigenvalue weighted by molar-refractivity contribution is 0.0994. The van der Waals surface area contributed by atoms with Crippen LogP contribution in [0.15, 0.2) is 62.7 Å². The maximum absolute atomic E-state index is 12.8. The second-order valence-corrected chi connectivity index (χ2v) is 7.25. The molecule has 2 aromatic carbocycles. The van der Waals surface area contributed by atoms with E-state index in [4.69, 9.17) is 9.15 Å². The number of nitrogens with zero attached hydrogens (tertiary/aromatic N) is 2. The predicted molar refractivity (Wildman–Crippen MR) is 109 cm³/mol. The zero-order valence-corrected chi connectivity index (χ0v) is 16.3. The van der Waals surface area contributed by atoms with Crippen molar-refractivity contribution in [3.63, 3.8) is 0 Å². The molecule has 0 unspecified atom stereocenters. The van der Waals surface area contributed by atoms with Gasteiger partial charge >= 0.3 is 5.63 Å². The normalized spacial score (nSPS) is 12.0. The van der Waals surface area contributed by atoms with Crippen LogP contribution < -0.4 is 15.2 Å². The number of rotatable bonds is 4. The number of benzene rings is 2. The van der Waals surface area contributed by atoms with Crippen molar-refractivity contribution in [1.29, 1.82) is 0 Å². The highest BCUT2D eigenvalue weighted by Crippen LogP contribution is 2.27. The van der Waals surface area contributed by atoms with Crippen molar-refractivity contribution in [1.82, 2.24) is 4.57 Å². The molecular formula is C21H18N2O4S. The Bertz CT molecular complexity index is 1310. The lowest BCUT2D eigenvalue weighted by atomic mass is 10.2. The number of aromatic nitrogens is 1. The summed E-state index contributed by atoms with van der Waals surface area (Å²) in [6.07, 6.45) is 0.864. The lowest BCUT2D eigenvalue weighted by Crippen LogP contribution is -2.19. The maximum Gasteiger partial charge on any atom is 0.349 e. The van der Waals surface area contributed by atoms with E-state index in [1.54, 1.807) is 25.3 Å². The number of carbonyl (C=O) groups is 1. The first-order valence-electron chi connectivity index (χ1n) is 8.90. The molecule has 4 aromatic rings. The molecule has 142 valence electrons. The van der Waals surface area contributed by atoms with Gasteiger partial charge in [0.15, 0.2) is 4.80 Å². The van der Waals surface area contributed by atoms with Crippen LogP contribution in [-0.2, 0) is 6.54 Å². The van der Waals surface area contributed by atoms with Gasteiger partial charge in [-0.2, -0.15) is 4.99 Å². The lowest BCUT2D eigenvalue weighted by Gasteiger charge is -2.07. The van der Waals surface area contributed by atoms with Gasteiger partial charge in [-0.1, -0.05) is 42.5 Å². The molecule has 0 spiro atoms. The molecule has 2 heterocycles. The zero-order chi connectivity index (χ0) is 19.7. The van der Waals surface area contributed by atoms with E-state index in [1.165, 1.54) is 17.4 Å². The molecule has 4 rings (SSSR count). The number of para-hydroxylation sites is 2. The number of amides is 1. The molecule has 0 N–H and O–H groups in total. The summed E-state index contributed by atoms with van der Waals surface area (Å²) in [5.74, 6) is 0.108. The Morgan fingerprint density at radius 2 is 2.04 bits per heavy atom. The van der Waals surface area contributed by atoms with Crippen molar-refractivity contribution >= 4 is 38.4 Å². The summed E-state index contributed by atoms with van der Waals surface area (Å²) in [5.41, 5.74) is 0.574. The smallest absolute Gasteiger partial charge is 0.349 e. The Balaban J connectivity index is 1.90. The largest absolute Gasteiger partial charge is 0.495 e. The van der Waals surface area contributed by atoms with Gasteiger partial charge in [-0.3, -0.25) is 4.79 Å². The summed E-state index contributed by atoms with van der Waals surface area (Å²) in [4.78, 5) is 29.9. The molecule has 0 bridgehead atoms. The van der Waals surface area contributed by atoms with E-state index < -0.39 is 11.5 Å². The second kappa shape index (κ2) is 7.44. The molecule has 0 saturated heterocycles. The standard InChI is InChI=1S/C21H18N2O4S/c1-3-11-23-18-16(26-2)9-6-10-17(18)28-21(23)22-19(24)14-12-13-7-4-5-8-15(13)27-20(14)25/h4-10,12H,3,11H2,1-2H3. The van der Waals surface area contributed by atoms with Crippen LogP contribution in [0.1, 0.15) is 23.7 Å². The quantitative estimate of drug-likeness (QED) is 0.491. The monoisotopic (exact) mass is 394 g/mol. The van der Waals surface area contributed by atoms with E-state index >= 15 is 0 Å². The van der Waals surface area contributed by atoms with Gasteiger partial charge in [0.1, 0.15) is 22.4 Å². The van der Waals surface area contributed by atoms with Gasteiger partial charge in [-0.25, -0.2) is 4.79 Å². The molecule has 6 nitrogen and oxygen atoms in total. The van der Waals surface area contributed by atoms with Crippen molar-refractivity contribution < 1.29 is 13.9 Å². The maximum atomic E-state index is 12.8. The van der Waals surface area contributed by atoms with Gasteiger partial charge in [-0.05, 0) is 30.7 Å². The number of methoxy groups -OCH3 is 1. The van der Waals surface area contributed by atoms with Gasteiger partial charge in [0.25, 0.3) is 5.91 Å². The average molecular weight is 394 g/mol. The van der Waals surface area contributed by atoms with Crippen LogP contribution >= 0.6 is 11.3 Å². The average Bonchev–Trinajstić information content (AvgIpc) is 3.05. The SMILES string of the molecule is CCCn1c(=NC(=O)c2cc3ccccc3oc2=O)sc2cccc(OC)c21. The second-order valence-electron chi connectivity index (χ2n) is 6.25. The van der Waals surface area contributed by atoms with Gasteiger partial charge in [0.05, 0.1) is 11.8 Å². The number of carbonyl (C=O) groups excluding carboxylic acids is 1. The van der Waals surface area contributed by atoms with Crippen molar-refractivity contribution in [2.24, 2.45) is 4.99 Å². The van der Waals surface area contributed by atoms with E-state index in [-0.39, 0.29) is 5.56 Å². The first kappa shape index (κ1) is 18.2. The van der Waals surface area contributed by atoms with Crippen molar-refractivity contribution in [2.75, 3.05) is 7.11 Å². The minimum atomic E-state index is -0.687. The molecular weight excluding hydrogens is 376 g/mol. The summed E-state index contributed by atoms with van der Waals surface area (Å²) in [6, 6.07) is 14.3. The fourth-order valence-corrected chi connectivity index (χ4v) is 4.21. The van der Waals surface area contributed by atoms with Gasteiger partial charge in [0, 0.05) is 11.9 Å². The summed E-state index contributed by atoms with van der Waals surface area (Å²) < 4.78 is 13.7. The van der Waals surface area contributed by atoms with E-state index in [1.807, 2.05) is 28.8 Å². The van der Waals surface area contributed by atoms with E-state index in [0.717, 1.165) is 22.4 Å². The highest BCUT2D eigenvalue weighted by atomic mass is 32.1. The Morgan fingerprint density at radius 3 is 2.82 bits per heavy atom. The van der Waals surface area contributed by atoms with Gasteiger partial charge in [-0.15, -0.1) is 0 Å². The van der Waals surface area contributed by atoms with Crippen LogP contribution in [0.25, 0.3) is 21.2 Å². The Morgan fingerprint density at radius 1 is 1.21 bits per heavy atom. The molecule has 0 saturated carbocycles. The molecule has 7 heteroatoms. The van der Waals surface area contributed by atoms with Crippen LogP contribution in [0.4, 0.5) is 0 Å². The summed E-state index contributed by atoms with van der Waals surface area (Å²) in [6.45, 7) is 2.73. The number of hydrogen-bond acceptors (Lipinski definition) is 5. The number of hydrogen-bond donors (Lipinski definition) is 0. The minimum Gasteiger partial charge on any atom is -0.495 e.